The number of carbonyl (C=O) groups excluding carboxylic acids is 1. The number of hydrogen-bond acceptors (Lipinski definition) is 4. The second-order valence-corrected chi connectivity index (χ2v) is 5.60. The number of carbonyl (C=O) groups is 1. The lowest BCUT2D eigenvalue weighted by atomic mass is 10.1. The number of aromatic nitrogens is 1. The Morgan fingerprint density at radius 1 is 1.19 bits per heavy atom. The Hall–Kier alpha value is -2.20. The number of benzene rings is 2. The summed E-state index contributed by atoms with van der Waals surface area (Å²) < 4.78 is 4.66. The van der Waals surface area contributed by atoms with Gasteiger partial charge in [-0.05, 0) is 10.8 Å². The number of nitrogens with zero attached hydrogens (tertiary/aromatic N) is 1. The van der Waals surface area contributed by atoms with Crippen LogP contribution in [0.2, 0.25) is 0 Å². The summed E-state index contributed by atoms with van der Waals surface area (Å²) in [6.07, 6.45) is 0.989. The fraction of sp³-hybridized carbons (Fsp3) is 0.176. The van der Waals surface area contributed by atoms with Gasteiger partial charge in [0.05, 0.1) is 19.2 Å². The molecule has 4 heteroatoms. The van der Waals surface area contributed by atoms with Crippen LogP contribution in [0.25, 0.3) is 21.3 Å². The zero-order chi connectivity index (χ0) is 14.7. The summed E-state index contributed by atoms with van der Waals surface area (Å²) in [5.41, 5.74) is 2.08. The highest BCUT2D eigenvalue weighted by molar-refractivity contribution is 7.13. The predicted molar refractivity (Wildman–Crippen MR) is 85.4 cm³/mol. The molecule has 0 unspecified atom stereocenters. The number of esters is 1. The molecule has 0 radical (unpaired) electrons. The van der Waals surface area contributed by atoms with E-state index in [0.717, 1.165) is 16.3 Å². The molecule has 106 valence electrons. The molecule has 0 aliphatic rings. The monoisotopic (exact) mass is 297 g/mol. The number of aryl methyl sites for hydroxylation is 1. The molecule has 2 aromatic carbocycles. The van der Waals surface area contributed by atoms with Gasteiger partial charge in [-0.25, -0.2) is 4.98 Å². The molecule has 0 N–H and O–H groups in total. The SMILES string of the molecule is COC(=O)CCc1csc(-c2cccc3ccccc23)n1. The Balaban J connectivity index is 1.90. The van der Waals surface area contributed by atoms with E-state index in [2.05, 4.69) is 34.0 Å². The van der Waals surface area contributed by atoms with E-state index in [-0.39, 0.29) is 5.97 Å². The average molecular weight is 297 g/mol. The normalized spacial score (nSPS) is 10.7. The third-order valence-corrected chi connectivity index (χ3v) is 4.31. The van der Waals surface area contributed by atoms with Crippen LogP contribution in [0.1, 0.15) is 12.1 Å². The minimum atomic E-state index is -0.199. The van der Waals surface area contributed by atoms with Gasteiger partial charge in [-0.1, -0.05) is 42.5 Å². The predicted octanol–water partition coefficient (Wildman–Crippen LogP) is 4.07. The zero-order valence-corrected chi connectivity index (χ0v) is 12.5. The first-order valence-electron chi connectivity index (χ1n) is 6.77. The maximum absolute atomic E-state index is 11.2. The number of rotatable bonds is 4. The van der Waals surface area contributed by atoms with Gasteiger partial charge in [-0.15, -0.1) is 11.3 Å². The lowest BCUT2D eigenvalue weighted by molar-refractivity contribution is -0.140. The standard InChI is InChI=1S/C17H15NO2S/c1-20-16(19)10-9-13-11-21-17(18-13)15-8-4-6-12-5-2-3-7-14(12)15/h2-8,11H,9-10H2,1H3. The summed E-state index contributed by atoms with van der Waals surface area (Å²) in [6, 6.07) is 14.5. The van der Waals surface area contributed by atoms with E-state index in [1.165, 1.54) is 17.9 Å². The Kier molecular flexibility index (Phi) is 3.97. The molecule has 0 fully saturated rings. The summed E-state index contributed by atoms with van der Waals surface area (Å²) in [4.78, 5) is 15.8. The van der Waals surface area contributed by atoms with Crippen LogP contribution in [-0.2, 0) is 16.0 Å². The van der Waals surface area contributed by atoms with Gasteiger partial charge in [0.1, 0.15) is 5.01 Å². The first kappa shape index (κ1) is 13.8. The van der Waals surface area contributed by atoms with Crippen molar-refractivity contribution in [1.82, 2.24) is 4.98 Å². The first-order valence-corrected chi connectivity index (χ1v) is 7.65. The minimum Gasteiger partial charge on any atom is -0.469 e. The maximum Gasteiger partial charge on any atom is 0.305 e. The highest BCUT2D eigenvalue weighted by atomic mass is 32.1. The third-order valence-electron chi connectivity index (χ3n) is 3.38. The zero-order valence-electron chi connectivity index (χ0n) is 11.7. The molecule has 1 heterocycles. The van der Waals surface area contributed by atoms with Crippen molar-refractivity contribution >= 4 is 28.1 Å². The van der Waals surface area contributed by atoms with E-state index in [9.17, 15) is 4.79 Å². The number of fused-ring (bicyclic) bond motifs is 1. The highest BCUT2D eigenvalue weighted by Gasteiger charge is 2.09. The van der Waals surface area contributed by atoms with E-state index >= 15 is 0 Å². The van der Waals surface area contributed by atoms with Gasteiger partial charge < -0.3 is 4.74 Å². The van der Waals surface area contributed by atoms with Gasteiger partial charge in [0.15, 0.2) is 0 Å². The van der Waals surface area contributed by atoms with Gasteiger partial charge in [-0.3, -0.25) is 4.79 Å². The van der Waals surface area contributed by atoms with Crippen molar-refractivity contribution in [3.05, 3.63) is 53.5 Å². The molecule has 0 saturated heterocycles. The Morgan fingerprint density at radius 3 is 2.86 bits per heavy atom. The lowest BCUT2D eigenvalue weighted by Gasteiger charge is -2.03. The molecule has 3 nitrogen and oxygen atoms in total. The molecular formula is C17H15NO2S. The molecule has 0 saturated carbocycles. The number of thiazole rings is 1. The molecule has 3 rings (SSSR count). The smallest absolute Gasteiger partial charge is 0.305 e. The molecule has 0 spiro atoms. The highest BCUT2D eigenvalue weighted by Crippen LogP contribution is 2.31. The van der Waals surface area contributed by atoms with Crippen LogP contribution in [0, 0.1) is 0 Å². The minimum absolute atomic E-state index is 0.199. The van der Waals surface area contributed by atoms with Gasteiger partial charge in [0.25, 0.3) is 0 Å². The third kappa shape index (κ3) is 2.95. The van der Waals surface area contributed by atoms with Crippen LogP contribution in [-0.4, -0.2) is 18.1 Å². The largest absolute Gasteiger partial charge is 0.469 e. The molecule has 3 aromatic rings. The average Bonchev–Trinajstić information content (AvgIpc) is 3.00. The van der Waals surface area contributed by atoms with Crippen molar-refractivity contribution in [2.24, 2.45) is 0 Å². The Morgan fingerprint density at radius 2 is 2.00 bits per heavy atom. The van der Waals surface area contributed by atoms with Crippen molar-refractivity contribution < 1.29 is 9.53 Å². The summed E-state index contributed by atoms with van der Waals surface area (Å²) >= 11 is 1.61. The molecule has 0 atom stereocenters. The van der Waals surface area contributed by atoms with Crippen molar-refractivity contribution in [2.75, 3.05) is 7.11 Å². The topological polar surface area (TPSA) is 39.2 Å². The van der Waals surface area contributed by atoms with Crippen molar-refractivity contribution in [2.45, 2.75) is 12.8 Å². The molecule has 1 aromatic heterocycles. The van der Waals surface area contributed by atoms with Gasteiger partial charge in [0.2, 0.25) is 0 Å². The molecule has 0 amide bonds. The van der Waals surface area contributed by atoms with Crippen LogP contribution in [0.3, 0.4) is 0 Å². The second-order valence-electron chi connectivity index (χ2n) is 4.75. The number of methoxy groups -OCH3 is 1. The first-order chi connectivity index (χ1) is 10.3. The lowest BCUT2D eigenvalue weighted by Crippen LogP contribution is -2.01. The molecule has 0 aliphatic carbocycles. The Bertz CT molecular complexity index is 774. The van der Waals surface area contributed by atoms with Gasteiger partial charge in [0, 0.05) is 17.4 Å². The van der Waals surface area contributed by atoms with E-state index in [0.29, 0.717) is 12.8 Å². The van der Waals surface area contributed by atoms with Crippen LogP contribution in [0.15, 0.2) is 47.8 Å². The quantitative estimate of drug-likeness (QED) is 0.681. The van der Waals surface area contributed by atoms with Gasteiger partial charge >= 0.3 is 5.97 Å². The molecular weight excluding hydrogens is 282 g/mol. The van der Waals surface area contributed by atoms with Crippen molar-refractivity contribution in [1.29, 1.82) is 0 Å². The summed E-state index contributed by atoms with van der Waals surface area (Å²) in [5, 5.41) is 5.42. The van der Waals surface area contributed by atoms with Crippen molar-refractivity contribution in [3.63, 3.8) is 0 Å². The van der Waals surface area contributed by atoms with Crippen LogP contribution in [0.4, 0.5) is 0 Å². The van der Waals surface area contributed by atoms with Crippen molar-refractivity contribution in [3.8, 4) is 10.6 Å². The van der Waals surface area contributed by atoms with Crippen LogP contribution < -0.4 is 0 Å². The van der Waals surface area contributed by atoms with E-state index in [1.54, 1.807) is 11.3 Å². The molecule has 0 bridgehead atoms. The van der Waals surface area contributed by atoms with E-state index in [4.69, 9.17) is 0 Å². The van der Waals surface area contributed by atoms with Crippen LogP contribution >= 0.6 is 11.3 Å². The summed E-state index contributed by atoms with van der Waals surface area (Å²) in [7, 11) is 1.41. The van der Waals surface area contributed by atoms with E-state index < -0.39 is 0 Å². The fourth-order valence-electron chi connectivity index (χ4n) is 2.29. The van der Waals surface area contributed by atoms with Crippen LogP contribution in [0.5, 0.6) is 0 Å². The number of ether oxygens (including phenoxy) is 1. The summed E-state index contributed by atoms with van der Waals surface area (Å²) in [6.45, 7) is 0. The van der Waals surface area contributed by atoms with Gasteiger partial charge in [-0.2, -0.15) is 0 Å². The maximum atomic E-state index is 11.2. The summed E-state index contributed by atoms with van der Waals surface area (Å²) in [5.74, 6) is -0.199. The Labute approximate surface area is 127 Å². The molecule has 0 aliphatic heterocycles. The molecule has 21 heavy (non-hydrogen) atoms. The second kappa shape index (κ2) is 6.06. The van der Waals surface area contributed by atoms with E-state index in [1.807, 2.05) is 23.6 Å². The fourth-order valence-corrected chi connectivity index (χ4v) is 3.18. The number of hydrogen-bond donors (Lipinski definition) is 0.